The van der Waals surface area contributed by atoms with Crippen molar-refractivity contribution in [2.24, 2.45) is 0 Å². The molecule has 0 bridgehead atoms. The molecule has 4 aromatic carbocycles. The summed E-state index contributed by atoms with van der Waals surface area (Å²) < 4.78 is 34.5. The Labute approximate surface area is 270 Å². The normalized spacial score (nSPS) is 12.2. The lowest BCUT2D eigenvalue weighted by Gasteiger charge is -2.35. The standard InChI is InChI=1S/C35H38ClN3O5S/c1-35(2,3)37-34(41)32(23-26-13-7-5-8-14-26)38(24-27-15-11-12-18-31(27)36)33(40)25-39(28-16-9-6-10-17-28)45(42,43)30-21-19-29(44-4)20-22-30/h5-22,32H,23-25H2,1-4H3,(H,37,41)/t32-/m1/s1. The van der Waals surface area contributed by atoms with Crippen LogP contribution in [-0.4, -0.2) is 50.4 Å². The molecule has 1 atom stereocenters. The smallest absolute Gasteiger partial charge is 0.264 e. The zero-order chi connectivity index (χ0) is 32.6. The van der Waals surface area contributed by atoms with Crippen molar-refractivity contribution >= 4 is 39.1 Å². The second-order valence-electron chi connectivity index (χ2n) is 11.6. The molecule has 45 heavy (non-hydrogen) atoms. The molecule has 10 heteroatoms. The second kappa shape index (κ2) is 14.6. The number of hydrogen-bond donors (Lipinski definition) is 1. The molecular weight excluding hydrogens is 610 g/mol. The molecule has 2 amide bonds. The van der Waals surface area contributed by atoms with Crippen molar-refractivity contribution in [3.8, 4) is 5.75 Å². The van der Waals surface area contributed by atoms with Gasteiger partial charge in [0.05, 0.1) is 17.7 Å². The number of carbonyl (C=O) groups is 2. The van der Waals surface area contributed by atoms with Crippen molar-refractivity contribution in [2.45, 2.75) is 50.2 Å². The topological polar surface area (TPSA) is 96.0 Å². The van der Waals surface area contributed by atoms with Crippen molar-refractivity contribution in [3.63, 3.8) is 0 Å². The Morgan fingerprint density at radius 2 is 1.42 bits per heavy atom. The third kappa shape index (κ3) is 8.86. The molecule has 8 nitrogen and oxygen atoms in total. The number of hydrogen-bond acceptors (Lipinski definition) is 5. The monoisotopic (exact) mass is 647 g/mol. The fraction of sp³-hybridized carbons (Fsp3) is 0.257. The van der Waals surface area contributed by atoms with Crippen molar-refractivity contribution in [1.82, 2.24) is 10.2 Å². The van der Waals surface area contributed by atoms with Gasteiger partial charge in [-0.2, -0.15) is 0 Å². The molecule has 0 aliphatic carbocycles. The molecule has 0 spiro atoms. The first kappa shape index (κ1) is 33.6. The molecule has 4 aromatic rings. The lowest BCUT2D eigenvalue weighted by molar-refractivity contribution is -0.140. The molecule has 0 saturated carbocycles. The van der Waals surface area contributed by atoms with E-state index in [1.807, 2.05) is 51.1 Å². The van der Waals surface area contributed by atoms with Crippen LogP contribution in [0.2, 0.25) is 5.02 Å². The van der Waals surface area contributed by atoms with Gasteiger partial charge in [0, 0.05) is 23.5 Å². The van der Waals surface area contributed by atoms with Crippen LogP contribution < -0.4 is 14.4 Å². The van der Waals surface area contributed by atoms with E-state index in [1.165, 1.54) is 24.1 Å². The number of ether oxygens (including phenoxy) is 1. The van der Waals surface area contributed by atoms with Crippen LogP contribution in [0.3, 0.4) is 0 Å². The van der Waals surface area contributed by atoms with E-state index in [0.717, 1.165) is 9.87 Å². The van der Waals surface area contributed by atoms with Crippen molar-refractivity contribution in [2.75, 3.05) is 18.0 Å². The maximum atomic E-state index is 14.5. The zero-order valence-electron chi connectivity index (χ0n) is 25.8. The number of para-hydroxylation sites is 1. The molecule has 1 N–H and O–H groups in total. The molecular formula is C35H38ClN3O5S. The van der Waals surface area contributed by atoms with Gasteiger partial charge in [-0.15, -0.1) is 0 Å². The summed E-state index contributed by atoms with van der Waals surface area (Å²) >= 11 is 6.55. The average molecular weight is 648 g/mol. The lowest BCUT2D eigenvalue weighted by atomic mass is 10.0. The minimum Gasteiger partial charge on any atom is -0.497 e. The number of anilines is 1. The highest BCUT2D eigenvalue weighted by molar-refractivity contribution is 7.92. The molecule has 0 fully saturated rings. The van der Waals surface area contributed by atoms with Gasteiger partial charge < -0.3 is 15.0 Å². The number of benzene rings is 4. The number of nitrogens with zero attached hydrogens (tertiary/aromatic N) is 2. The van der Waals surface area contributed by atoms with Crippen LogP contribution in [0.5, 0.6) is 5.75 Å². The highest BCUT2D eigenvalue weighted by Gasteiger charge is 2.35. The molecule has 0 aromatic heterocycles. The van der Waals surface area contributed by atoms with Gasteiger partial charge in [-0.1, -0.05) is 78.3 Å². The number of amides is 2. The Kier molecular flexibility index (Phi) is 10.9. The average Bonchev–Trinajstić information content (AvgIpc) is 3.02. The van der Waals surface area contributed by atoms with Crippen LogP contribution >= 0.6 is 11.6 Å². The van der Waals surface area contributed by atoms with Gasteiger partial charge in [0.15, 0.2) is 0 Å². The molecule has 0 saturated heterocycles. The summed E-state index contributed by atoms with van der Waals surface area (Å²) in [7, 11) is -2.72. The fourth-order valence-electron chi connectivity index (χ4n) is 4.81. The number of sulfonamides is 1. The number of halogens is 1. The lowest BCUT2D eigenvalue weighted by Crippen LogP contribution is -2.56. The summed E-state index contributed by atoms with van der Waals surface area (Å²) in [6.07, 6.45) is 0.204. The van der Waals surface area contributed by atoms with Crippen molar-refractivity contribution < 1.29 is 22.7 Å². The van der Waals surface area contributed by atoms with Crippen LogP contribution in [0.15, 0.2) is 114 Å². The van der Waals surface area contributed by atoms with Gasteiger partial charge in [0.2, 0.25) is 11.8 Å². The Bertz CT molecular complexity index is 1690. The van der Waals surface area contributed by atoms with Gasteiger partial charge in [-0.3, -0.25) is 13.9 Å². The largest absolute Gasteiger partial charge is 0.497 e. The molecule has 0 unspecified atom stereocenters. The van der Waals surface area contributed by atoms with Gasteiger partial charge in [-0.25, -0.2) is 8.42 Å². The quantitative estimate of drug-likeness (QED) is 0.201. The molecule has 4 rings (SSSR count). The van der Waals surface area contributed by atoms with Gasteiger partial charge >= 0.3 is 0 Å². The highest BCUT2D eigenvalue weighted by atomic mass is 35.5. The minimum absolute atomic E-state index is 0.0103. The molecule has 0 heterocycles. The summed E-state index contributed by atoms with van der Waals surface area (Å²) in [6.45, 7) is 5.02. The Hall–Kier alpha value is -4.34. The zero-order valence-corrected chi connectivity index (χ0v) is 27.4. The Morgan fingerprint density at radius 1 is 0.844 bits per heavy atom. The first-order valence-electron chi connectivity index (χ1n) is 14.5. The molecule has 236 valence electrons. The first-order chi connectivity index (χ1) is 21.4. The number of nitrogens with one attached hydrogen (secondary N) is 1. The first-order valence-corrected chi connectivity index (χ1v) is 16.3. The number of rotatable bonds is 12. The number of carbonyl (C=O) groups excluding carboxylic acids is 2. The van der Waals surface area contributed by atoms with Gasteiger partial charge in [0.25, 0.3) is 10.0 Å². The second-order valence-corrected chi connectivity index (χ2v) is 13.9. The van der Waals surface area contributed by atoms with Crippen LogP contribution in [0, 0.1) is 0 Å². The Morgan fingerprint density at radius 3 is 2.00 bits per heavy atom. The SMILES string of the molecule is COc1ccc(S(=O)(=O)N(CC(=O)N(Cc2ccccc2Cl)[C@H](Cc2ccccc2)C(=O)NC(C)(C)C)c2ccccc2)cc1. The van der Waals surface area contributed by atoms with E-state index in [9.17, 15) is 18.0 Å². The van der Waals surface area contributed by atoms with Crippen LogP contribution in [-0.2, 0) is 32.6 Å². The van der Waals surface area contributed by atoms with Crippen LogP contribution in [0.1, 0.15) is 31.9 Å². The van der Waals surface area contributed by atoms with E-state index in [-0.39, 0.29) is 23.8 Å². The molecule has 0 radical (unpaired) electrons. The predicted octanol–water partition coefficient (Wildman–Crippen LogP) is 6.10. The maximum absolute atomic E-state index is 14.5. The number of methoxy groups -OCH3 is 1. The van der Waals surface area contributed by atoms with Crippen LogP contribution in [0.25, 0.3) is 0 Å². The summed E-state index contributed by atoms with van der Waals surface area (Å²) in [5.74, 6) is -0.437. The summed E-state index contributed by atoms with van der Waals surface area (Å²) in [6, 6.07) is 29.9. The van der Waals surface area contributed by atoms with Crippen molar-refractivity contribution in [1.29, 1.82) is 0 Å². The highest BCUT2D eigenvalue weighted by Crippen LogP contribution is 2.27. The maximum Gasteiger partial charge on any atom is 0.264 e. The fourth-order valence-corrected chi connectivity index (χ4v) is 6.42. The summed E-state index contributed by atoms with van der Waals surface area (Å²) in [5, 5.41) is 3.44. The van der Waals surface area contributed by atoms with E-state index in [2.05, 4.69) is 5.32 Å². The molecule has 0 aliphatic rings. The van der Waals surface area contributed by atoms with Gasteiger partial charge in [-0.05, 0) is 74.4 Å². The predicted molar refractivity (Wildman–Crippen MR) is 178 cm³/mol. The summed E-state index contributed by atoms with van der Waals surface area (Å²) in [4.78, 5) is 29.9. The minimum atomic E-state index is -4.22. The summed E-state index contributed by atoms with van der Waals surface area (Å²) in [5.41, 5.74) is 1.18. The van der Waals surface area contributed by atoms with E-state index >= 15 is 0 Å². The van der Waals surface area contributed by atoms with E-state index in [1.54, 1.807) is 66.7 Å². The van der Waals surface area contributed by atoms with Gasteiger partial charge in [0.1, 0.15) is 18.3 Å². The van der Waals surface area contributed by atoms with Crippen molar-refractivity contribution in [3.05, 3.63) is 125 Å². The van der Waals surface area contributed by atoms with Crippen LogP contribution in [0.4, 0.5) is 5.69 Å². The third-order valence-corrected chi connectivity index (χ3v) is 9.20. The molecule has 0 aliphatic heterocycles. The Balaban J connectivity index is 1.81. The van der Waals surface area contributed by atoms with E-state index in [0.29, 0.717) is 22.0 Å². The van der Waals surface area contributed by atoms with E-state index < -0.39 is 34.1 Å². The third-order valence-electron chi connectivity index (χ3n) is 7.04. The van der Waals surface area contributed by atoms with E-state index in [4.69, 9.17) is 16.3 Å².